The number of benzene rings is 2. The van der Waals surface area contributed by atoms with E-state index in [1.54, 1.807) is 12.1 Å². The molecule has 0 bridgehead atoms. The van der Waals surface area contributed by atoms with Crippen LogP contribution >= 0.6 is 0 Å². The Labute approximate surface area is 130 Å². The number of carbonyl (C=O) groups is 1. The molecule has 4 heteroatoms. The number of rotatable bonds is 6. The van der Waals surface area contributed by atoms with Crippen molar-refractivity contribution in [1.82, 2.24) is 0 Å². The van der Waals surface area contributed by atoms with Gasteiger partial charge in [0.25, 0.3) is 0 Å². The molecule has 0 aliphatic carbocycles. The van der Waals surface area contributed by atoms with Gasteiger partial charge in [0.2, 0.25) is 0 Å². The van der Waals surface area contributed by atoms with E-state index in [9.17, 15) is 4.79 Å². The number of hydrogen-bond acceptors (Lipinski definition) is 4. The van der Waals surface area contributed by atoms with Gasteiger partial charge in [0.05, 0.1) is 18.2 Å². The van der Waals surface area contributed by atoms with Gasteiger partial charge in [-0.25, -0.2) is 0 Å². The Morgan fingerprint density at radius 1 is 1.05 bits per heavy atom. The molecule has 0 heterocycles. The first kappa shape index (κ1) is 17.4. The molecular formula is C18H19NO3. The summed E-state index contributed by atoms with van der Waals surface area (Å²) < 4.78 is 5.43. The van der Waals surface area contributed by atoms with Crippen LogP contribution in [-0.2, 0) is 4.79 Å². The van der Waals surface area contributed by atoms with Gasteiger partial charge in [-0.3, -0.25) is 4.79 Å². The maximum Gasteiger partial charge on any atom is 0.161 e. The summed E-state index contributed by atoms with van der Waals surface area (Å²) in [5, 5.41) is 17.4. The van der Waals surface area contributed by atoms with Gasteiger partial charge >= 0.3 is 0 Å². The zero-order valence-corrected chi connectivity index (χ0v) is 11.5. The molecule has 0 aliphatic heterocycles. The van der Waals surface area contributed by atoms with Gasteiger partial charge < -0.3 is 9.84 Å². The number of hydrogen-bond donors (Lipinski definition) is 1. The molecule has 0 radical (unpaired) electrons. The molecule has 0 aliphatic rings. The number of aliphatic hydroxyl groups is 1. The fraction of sp³-hybridized carbons (Fsp3) is 0.222. The van der Waals surface area contributed by atoms with Gasteiger partial charge in [0.1, 0.15) is 12.4 Å². The zero-order chi connectivity index (χ0) is 15.1. The monoisotopic (exact) mass is 297 g/mol. The molecule has 2 rings (SSSR count). The molecule has 2 aromatic rings. The van der Waals surface area contributed by atoms with E-state index >= 15 is 0 Å². The van der Waals surface area contributed by atoms with Crippen molar-refractivity contribution in [2.45, 2.75) is 13.8 Å². The molecule has 0 spiro atoms. The first-order chi connectivity index (χ1) is 10.2. The lowest BCUT2D eigenvalue weighted by Crippen LogP contribution is -2.09. The van der Waals surface area contributed by atoms with Crippen molar-refractivity contribution in [2.24, 2.45) is 0 Å². The molecule has 114 valence electrons. The van der Waals surface area contributed by atoms with Crippen LogP contribution in [0.3, 0.4) is 0 Å². The molecule has 0 saturated heterocycles. The van der Waals surface area contributed by atoms with E-state index in [-0.39, 0.29) is 26.2 Å². The Morgan fingerprint density at radius 3 is 2.09 bits per heavy atom. The lowest BCUT2D eigenvalue weighted by molar-refractivity contribution is -0.122. The molecule has 0 saturated carbocycles. The molecule has 0 amide bonds. The van der Waals surface area contributed by atoms with Gasteiger partial charge in [-0.15, -0.1) is 0 Å². The van der Waals surface area contributed by atoms with Crippen molar-refractivity contribution in [3.63, 3.8) is 0 Å². The summed E-state index contributed by atoms with van der Waals surface area (Å²) in [5.41, 5.74) is 2.68. The molecule has 0 aromatic heterocycles. The highest BCUT2D eigenvalue weighted by Crippen LogP contribution is 2.22. The highest BCUT2D eigenvalue weighted by molar-refractivity contribution is 5.79. The molecule has 0 fully saturated rings. The van der Waals surface area contributed by atoms with E-state index in [0.717, 1.165) is 11.1 Å². The summed E-state index contributed by atoms with van der Waals surface area (Å²) in [6.45, 7) is -0.184. The second-order valence-electron chi connectivity index (χ2n) is 4.51. The van der Waals surface area contributed by atoms with Crippen molar-refractivity contribution >= 4 is 5.78 Å². The summed E-state index contributed by atoms with van der Waals surface area (Å²) in [6.07, 6.45) is 0.202. The highest BCUT2D eigenvalue weighted by Gasteiger charge is 2.02. The molecule has 0 unspecified atom stereocenters. The maximum atomic E-state index is 10.9. The first-order valence-electron chi connectivity index (χ1n) is 6.59. The fourth-order valence-corrected chi connectivity index (χ4v) is 1.84. The van der Waals surface area contributed by atoms with E-state index in [0.29, 0.717) is 11.3 Å². The number of ketones is 1. The van der Waals surface area contributed by atoms with Gasteiger partial charge in [0.15, 0.2) is 5.78 Å². The van der Waals surface area contributed by atoms with Crippen molar-refractivity contribution in [3.05, 3.63) is 54.1 Å². The predicted molar refractivity (Wildman–Crippen MR) is 85.5 cm³/mol. The van der Waals surface area contributed by atoms with Gasteiger partial charge in [-0.2, -0.15) is 5.26 Å². The Bertz CT molecular complexity index is 640. The number of nitrogens with zero attached hydrogens (tertiary/aromatic N) is 1. The van der Waals surface area contributed by atoms with Gasteiger partial charge in [0, 0.05) is 6.42 Å². The lowest BCUT2D eigenvalue weighted by Gasteiger charge is -2.07. The second kappa shape index (κ2) is 8.60. The minimum Gasteiger partial charge on any atom is -0.493 e. The van der Waals surface area contributed by atoms with Crippen LogP contribution in [0.1, 0.15) is 19.4 Å². The Kier molecular flexibility index (Phi) is 6.81. The van der Waals surface area contributed by atoms with Crippen LogP contribution in [0.2, 0.25) is 0 Å². The lowest BCUT2D eigenvalue weighted by atomic mass is 10.0. The van der Waals surface area contributed by atoms with E-state index in [1.807, 2.05) is 36.4 Å². The largest absolute Gasteiger partial charge is 0.493 e. The fourth-order valence-electron chi connectivity index (χ4n) is 1.84. The van der Waals surface area contributed by atoms with Crippen LogP contribution in [0.5, 0.6) is 5.75 Å². The number of ether oxygens (including phenoxy) is 1. The summed E-state index contributed by atoms with van der Waals surface area (Å²) >= 11 is 0. The minimum atomic E-state index is -0.443. The minimum absolute atomic E-state index is 0. The number of Topliss-reactive ketones (excluding diaryl/α,β-unsaturated/α-hetero) is 1. The normalized spacial score (nSPS) is 9.45. The topological polar surface area (TPSA) is 70.3 Å². The van der Waals surface area contributed by atoms with Crippen molar-refractivity contribution in [2.75, 3.05) is 13.2 Å². The molecule has 0 atom stereocenters. The second-order valence-corrected chi connectivity index (χ2v) is 4.51. The molecule has 22 heavy (non-hydrogen) atoms. The van der Waals surface area contributed by atoms with Gasteiger partial charge in [-0.05, 0) is 35.4 Å². The predicted octanol–water partition coefficient (Wildman–Crippen LogP) is 3.19. The van der Waals surface area contributed by atoms with Crippen LogP contribution in [0.15, 0.2) is 48.5 Å². The van der Waals surface area contributed by atoms with E-state index in [2.05, 4.69) is 6.07 Å². The quantitative estimate of drug-likeness (QED) is 0.889. The summed E-state index contributed by atoms with van der Waals surface area (Å²) in [5.74, 6) is 0.447. The van der Waals surface area contributed by atoms with Crippen LogP contribution < -0.4 is 4.74 Å². The van der Waals surface area contributed by atoms with E-state index in [1.165, 1.54) is 0 Å². The average molecular weight is 297 g/mol. The van der Waals surface area contributed by atoms with E-state index in [4.69, 9.17) is 15.1 Å². The summed E-state index contributed by atoms with van der Waals surface area (Å²) in [6, 6.07) is 16.9. The van der Waals surface area contributed by atoms with Crippen molar-refractivity contribution in [3.8, 4) is 22.9 Å². The van der Waals surface area contributed by atoms with Crippen LogP contribution in [0.4, 0.5) is 0 Å². The van der Waals surface area contributed by atoms with Crippen LogP contribution in [-0.4, -0.2) is 24.1 Å². The Balaban J connectivity index is 0.00000242. The van der Waals surface area contributed by atoms with Crippen LogP contribution in [0.25, 0.3) is 11.1 Å². The highest BCUT2D eigenvalue weighted by atomic mass is 16.5. The maximum absolute atomic E-state index is 10.9. The molecule has 1 N–H and O–H groups in total. The van der Waals surface area contributed by atoms with Crippen LogP contribution in [0, 0.1) is 11.3 Å². The van der Waals surface area contributed by atoms with E-state index < -0.39 is 6.61 Å². The number of carbonyl (C=O) groups excluding carboxylic acids is 1. The molecule has 4 nitrogen and oxygen atoms in total. The third kappa shape index (κ3) is 4.72. The molecular weight excluding hydrogens is 278 g/mol. The van der Waals surface area contributed by atoms with Crippen molar-refractivity contribution < 1.29 is 14.6 Å². The third-order valence-corrected chi connectivity index (χ3v) is 3.03. The summed E-state index contributed by atoms with van der Waals surface area (Å²) in [7, 11) is 0. The zero-order valence-electron chi connectivity index (χ0n) is 11.5. The number of aliphatic hydroxyl groups excluding tert-OH is 1. The summed E-state index contributed by atoms with van der Waals surface area (Å²) in [4.78, 5) is 10.9. The SMILES string of the molecule is C.N#Cc1ccc(-c2ccc(OCCC(=O)CO)cc2)cc1. The van der Waals surface area contributed by atoms with Gasteiger partial charge in [-0.1, -0.05) is 31.7 Å². The smallest absolute Gasteiger partial charge is 0.161 e. The Hall–Kier alpha value is -2.64. The van der Waals surface area contributed by atoms with Crippen molar-refractivity contribution in [1.29, 1.82) is 5.26 Å². The average Bonchev–Trinajstić information content (AvgIpc) is 2.55. The Morgan fingerprint density at radius 2 is 1.59 bits per heavy atom. The number of nitriles is 1. The first-order valence-corrected chi connectivity index (χ1v) is 6.59. The standard InChI is InChI=1S/C17H15NO3.CH4/c18-11-13-1-3-14(4-2-13)15-5-7-17(8-6-15)21-10-9-16(20)12-19;/h1-8,19H,9-10,12H2;1H4. The third-order valence-electron chi connectivity index (χ3n) is 3.03. The molecule has 2 aromatic carbocycles.